The summed E-state index contributed by atoms with van der Waals surface area (Å²) in [4.78, 5) is 2.79. The van der Waals surface area contributed by atoms with E-state index in [4.69, 9.17) is 4.74 Å². The van der Waals surface area contributed by atoms with E-state index in [-0.39, 0.29) is 0 Å². The molecule has 3 heteroatoms. The van der Waals surface area contributed by atoms with Gasteiger partial charge in [-0.15, -0.1) is 0 Å². The molecule has 0 amide bonds. The first-order valence-corrected chi connectivity index (χ1v) is 7.76. The summed E-state index contributed by atoms with van der Waals surface area (Å²) in [6.45, 7) is 6.71. The van der Waals surface area contributed by atoms with Crippen molar-refractivity contribution in [3.8, 4) is 0 Å². The minimum Gasteiger partial charge on any atom is -0.385 e. The fourth-order valence-corrected chi connectivity index (χ4v) is 3.89. The number of rotatable bonds is 7. The molecule has 2 aliphatic rings. The molecule has 2 fully saturated rings. The molecule has 2 heterocycles. The number of fused-ring (bicyclic) bond motifs is 2. The summed E-state index contributed by atoms with van der Waals surface area (Å²) >= 11 is 0. The number of ether oxygens (including phenoxy) is 1. The Balaban J connectivity index is 1.85. The Hall–Kier alpha value is -0.120. The van der Waals surface area contributed by atoms with Crippen molar-refractivity contribution in [2.24, 2.45) is 0 Å². The highest BCUT2D eigenvalue weighted by atomic mass is 16.5. The first-order chi connectivity index (χ1) is 8.76. The van der Waals surface area contributed by atoms with Gasteiger partial charge in [-0.2, -0.15) is 0 Å². The average molecular weight is 254 g/mol. The van der Waals surface area contributed by atoms with Gasteiger partial charge >= 0.3 is 0 Å². The van der Waals surface area contributed by atoms with Crippen LogP contribution in [0.2, 0.25) is 0 Å². The van der Waals surface area contributed by atoms with E-state index >= 15 is 0 Å². The molecule has 0 aromatic heterocycles. The third kappa shape index (κ3) is 3.25. The Labute approximate surface area is 112 Å². The standard InChI is InChI=1S/C15H30N2O/c1-4-8-16-13-10-14-5-6-15(11-13)17(14)12(2)7-9-18-3/h12-16H,4-11H2,1-3H3. The Morgan fingerprint density at radius 1 is 1.28 bits per heavy atom. The van der Waals surface area contributed by atoms with Crippen molar-refractivity contribution >= 4 is 0 Å². The van der Waals surface area contributed by atoms with Crippen molar-refractivity contribution in [2.75, 3.05) is 20.3 Å². The van der Waals surface area contributed by atoms with E-state index in [0.29, 0.717) is 6.04 Å². The molecule has 2 saturated heterocycles. The fourth-order valence-electron chi connectivity index (χ4n) is 3.89. The van der Waals surface area contributed by atoms with Crippen LogP contribution in [0.3, 0.4) is 0 Å². The monoisotopic (exact) mass is 254 g/mol. The zero-order valence-electron chi connectivity index (χ0n) is 12.3. The van der Waals surface area contributed by atoms with Crippen molar-refractivity contribution in [3.63, 3.8) is 0 Å². The second kappa shape index (κ2) is 6.88. The molecule has 3 atom stereocenters. The van der Waals surface area contributed by atoms with Crippen LogP contribution in [0.15, 0.2) is 0 Å². The maximum atomic E-state index is 5.23. The van der Waals surface area contributed by atoms with Crippen LogP contribution in [0.25, 0.3) is 0 Å². The maximum absolute atomic E-state index is 5.23. The van der Waals surface area contributed by atoms with E-state index in [9.17, 15) is 0 Å². The van der Waals surface area contributed by atoms with Crippen LogP contribution in [0.5, 0.6) is 0 Å². The van der Waals surface area contributed by atoms with Crippen LogP contribution < -0.4 is 5.32 Å². The first kappa shape index (κ1) is 14.3. The molecule has 0 aromatic carbocycles. The third-order valence-corrected chi connectivity index (χ3v) is 4.72. The molecule has 0 radical (unpaired) electrons. The van der Waals surface area contributed by atoms with Crippen LogP contribution >= 0.6 is 0 Å². The molecule has 3 nitrogen and oxygen atoms in total. The number of nitrogens with zero attached hydrogens (tertiary/aromatic N) is 1. The lowest BCUT2D eigenvalue weighted by Gasteiger charge is -2.43. The lowest BCUT2D eigenvalue weighted by molar-refractivity contribution is 0.0587. The van der Waals surface area contributed by atoms with Gasteiger partial charge in [0, 0.05) is 37.9 Å². The third-order valence-electron chi connectivity index (χ3n) is 4.72. The highest BCUT2D eigenvalue weighted by Gasteiger charge is 2.42. The number of hydrogen-bond donors (Lipinski definition) is 1. The van der Waals surface area contributed by atoms with Crippen molar-refractivity contribution in [1.29, 1.82) is 0 Å². The summed E-state index contributed by atoms with van der Waals surface area (Å²) in [5.74, 6) is 0. The molecular weight excluding hydrogens is 224 g/mol. The summed E-state index contributed by atoms with van der Waals surface area (Å²) in [7, 11) is 1.81. The lowest BCUT2D eigenvalue weighted by Crippen LogP contribution is -2.52. The largest absolute Gasteiger partial charge is 0.385 e. The van der Waals surface area contributed by atoms with Crippen LogP contribution in [-0.4, -0.2) is 49.3 Å². The predicted octanol–water partition coefficient (Wildman–Crippen LogP) is 2.41. The van der Waals surface area contributed by atoms with E-state index in [1.165, 1.54) is 45.1 Å². The molecule has 2 aliphatic heterocycles. The molecule has 3 unspecified atom stereocenters. The summed E-state index contributed by atoms with van der Waals surface area (Å²) < 4.78 is 5.23. The molecule has 0 saturated carbocycles. The van der Waals surface area contributed by atoms with Gasteiger partial charge in [-0.1, -0.05) is 6.92 Å². The second-order valence-corrected chi connectivity index (χ2v) is 6.09. The minimum atomic E-state index is 0.689. The molecule has 2 rings (SSSR count). The van der Waals surface area contributed by atoms with Crippen LogP contribution in [0.1, 0.15) is 52.4 Å². The summed E-state index contributed by atoms with van der Waals surface area (Å²) in [6.07, 6.45) is 7.95. The van der Waals surface area contributed by atoms with Crippen molar-refractivity contribution in [1.82, 2.24) is 10.2 Å². The SMILES string of the molecule is CCCNC1CC2CCC(C1)N2C(C)CCOC. The maximum Gasteiger partial charge on any atom is 0.0477 e. The smallest absolute Gasteiger partial charge is 0.0477 e. The van der Waals surface area contributed by atoms with Gasteiger partial charge in [0.2, 0.25) is 0 Å². The molecule has 0 aromatic rings. The van der Waals surface area contributed by atoms with Gasteiger partial charge in [0.25, 0.3) is 0 Å². The molecule has 106 valence electrons. The van der Waals surface area contributed by atoms with Crippen LogP contribution in [-0.2, 0) is 4.74 Å². The number of nitrogens with one attached hydrogen (secondary N) is 1. The van der Waals surface area contributed by atoms with Gasteiger partial charge in [0.1, 0.15) is 0 Å². The van der Waals surface area contributed by atoms with Crippen molar-refractivity contribution in [3.05, 3.63) is 0 Å². The number of hydrogen-bond acceptors (Lipinski definition) is 3. The van der Waals surface area contributed by atoms with E-state index in [0.717, 1.165) is 24.7 Å². The summed E-state index contributed by atoms with van der Waals surface area (Å²) in [6, 6.07) is 3.11. The highest BCUT2D eigenvalue weighted by Crippen LogP contribution is 2.37. The summed E-state index contributed by atoms with van der Waals surface area (Å²) in [5, 5.41) is 3.72. The van der Waals surface area contributed by atoms with Crippen molar-refractivity contribution in [2.45, 2.75) is 76.5 Å². The average Bonchev–Trinajstić information content (AvgIpc) is 2.65. The second-order valence-electron chi connectivity index (χ2n) is 6.09. The Bertz CT molecular complexity index is 233. The molecule has 0 spiro atoms. The zero-order valence-corrected chi connectivity index (χ0v) is 12.3. The van der Waals surface area contributed by atoms with Gasteiger partial charge < -0.3 is 10.1 Å². The molecular formula is C15H30N2O. The molecule has 18 heavy (non-hydrogen) atoms. The van der Waals surface area contributed by atoms with Gasteiger partial charge in [-0.25, -0.2) is 0 Å². The van der Waals surface area contributed by atoms with Gasteiger partial charge in [-0.3, -0.25) is 4.90 Å². The Morgan fingerprint density at radius 3 is 2.50 bits per heavy atom. The Kier molecular flexibility index (Phi) is 5.46. The Morgan fingerprint density at radius 2 is 1.94 bits per heavy atom. The first-order valence-electron chi connectivity index (χ1n) is 7.76. The lowest BCUT2D eigenvalue weighted by atomic mass is 9.95. The molecule has 1 N–H and O–H groups in total. The van der Waals surface area contributed by atoms with Gasteiger partial charge in [0.15, 0.2) is 0 Å². The fraction of sp³-hybridized carbons (Fsp3) is 1.00. The van der Waals surface area contributed by atoms with E-state index in [1.54, 1.807) is 0 Å². The zero-order chi connectivity index (χ0) is 13.0. The van der Waals surface area contributed by atoms with E-state index < -0.39 is 0 Å². The molecule has 2 bridgehead atoms. The van der Waals surface area contributed by atoms with Crippen molar-refractivity contribution < 1.29 is 4.74 Å². The van der Waals surface area contributed by atoms with Gasteiger partial charge in [-0.05, 0) is 52.0 Å². The van der Waals surface area contributed by atoms with Crippen LogP contribution in [0, 0.1) is 0 Å². The van der Waals surface area contributed by atoms with E-state index in [2.05, 4.69) is 24.1 Å². The number of piperidine rings is 1. The normalized spacial score (nSPS) is 33.8. The topological polar surface area (TPSA) is 24.5 Å². The minimum absolute atomic E-state index is 0.689. The van der Waals surface area contributed by atoms with E-state index in [1.807, 2.05) is 7.11 Å². The molecule has 0 aliphatic carbocycles. The summed E-state index contributed by atoms with van der Waals surface area (Å²) in [5.41, 5.74) is 0. The predicted molar refractivity (Wildman–Crippen MR) is 75.9 cm³/mol. The van der Waals surface area contributed by atoms with Crippen LogP contribution in [0.4, 0.5) is 0 Å². The quantitative estimate of drug-likeness (QED) is 0.755. The highest BCUT2D eigenvalue weighted by molar-refractivity contribution is 4.99. The van der Waals surface area contributed by atoms with Gasteiger partial charge in [0.05, 0.1) is 0 Å². The number of methoxy groups -OCH3 is 1.